The summed E-state index contributed by atoms with van der Waals surface area (Å²) in [5.74, 6) is 0. The zero-order chi connectivity index (χ0) is 11.7. The minimum Gasteiger partial charge on any atom is -0.409 e. The van der Waals surface area contributed by atoms with Gasteiger partial charge in [-0.15, -0.1) is 0 Å². The molecule has 0 aliphatic rings. The molecule has 0 bridgehead atoms. The van der Waals surface area contributed by atoms with Crippen molar-refractivity contribution in [3.8, 4) is 0 Å². The molecule has 8 heteroatoms. The number of nitro groups is 1. The van der Waals surface area contributed by atoms with Crippen molar-refractivity contribution in [2.45, 2.75) is 6.92 Å². The van der Waals surface area contributed by atoms with Crippen LogP contribution in [0.5, 0.6) is 0 Å². The van der Waals surface area contributed by atoms with Gasteiger partial charge in [0.1, 0.15) is 12.8 Å². The van der Waals surface area contributed by atoms with Crippen molar-refractivity contribution in [2.75, 3.05) is 7.11 Å². The van der Waals surface area contributed by atoms with Crippen molar-refractivity contribution in [1.29, 1.82) is 0 Å². The van der Waals surface area contributed by atoms with E-state index in [-0.39, 0.29) is 5.69 Å². The van der Waals surface area contributed by atoms with E-state index in [1.807, 2.05) is 0 Å². The van der Waals surface area contributed by atoms with E-state index in [9.17, 15) is 19.7 Å². The summed E-state index contributed by atoms with van der Waals surface area (Å²) in [5, 5.41) is 10.6. The third-order valence-corrected chi connectivity index (χ3v) is 2.06. The molecule has 1 heterocycles. The van der Waals surface area contributed by atoms with Gasteiger partial charge in [-0.1, -0.05) is 4.73 Å². The molecular weight excluding hydrogens is 206 g/mol. The number of nitrogens with zero attached hydrogens (tertiary/aromatic N) is 3. The average Bonchev–Trinajstić information content (AvgIpc) is 2.15. The van der Waals surface area contributed by atoms with Gasteiger partial charge >= 0.3 is 16.9 Å². The Morgan fingerprint density at radius 1 is 1.40 bits per heavy atom. The molecule has 0 spiro atoms. The highest BCUT2D eigenvalue weighted by molar-refractivity contribution is 5.31. The first-order valence-electron chi connectivity index (χ1n) is 3.93. The predicted octanol–water partition coefficient (Wildman–Crippen LogP) is -1.18. The summed E-state index contributed by atoms with van der Waals surface area (Å²) in [7, 11) is 2.40. The molecule has 15 heavy (non-hydrogen) atoms. The topological polar surface area (TPSA) is 96.4 Å². The molecule has 0 atom stereocenters. The van der Waals surface area contributed by atoms with Crippen LogP contribution in [-0.2, 0) is 7.05 Å². The highest BCUT2D eigenvalue weighted by Gasteiger charge is 2.23. The van der Waals surface area contributed by atoms with Crippen LogP contribution in [0.4, 0.5) is 5.69 Å². The molecule has 1 aromatic rings. The van der Waals surface area contributed by atoms with Crippen LogP contribution in [0, 0.1) is 17.0 Å². The molecule has 0 saturated carbocycles. The van der Waals surface area contributed by atoms with Crippen LogP contribution in [0.15, 0.2) is 9.59 Å². The summed E-state index contributed by atoms with van der Waals surface area (Å²) in [6, 6.07) is 0. The van der Waals surface area contributed by atoms with E-state index in [0.29, 0.717) is 4.73 Å². The molecule has 1 aromatic heterocycles. The van der Waals surface area contributed by atoms with Crippen molar-refractivity contribution in [3.05, 3.63) is 36.6 Å². The van der Waals surface area contributed by atoms with Gasteiger partial charge in [0.25, 0.3) is 0 Å². The predicted molar refractivity (Wildman–Crippen MR) is 49.8 cm³/mol. The highest BCUT2D eigenvalue weighted by atomic mass is 16.7. The van der Waals surface area contributed by atoms with Gasteiger partial charge in [0.2, 0.25) is 0 Å². The van der Waals surface area contributed by atoms with Crippen molar-refractivity contribution in [2.24, 2.45) is 7.05 Å². The maximum absolute atomic E-state index is 11.4. The van der Waals surface area contributed by atoms with Crippen LogP contribution < -0.4 is 16.1 Å². The van der Waals surface area contributed by atoms with Gasteiger partial charge in [-0.25, -0.2) is 4.79 Å². The Hall–Kier alpha value is -2.12. The molecule has 8 nitrogen and oxygen atoms in total. The molecule has 82 valence electrons. The van der Waals surface area contributed by atoms with Crippen molar-refractivity contribution in [3.63, 3.8) is 0 Å². The lowest BCUT2D eigenvalue weighted by Crippen LogP contribution is -2.43. The van der Waals surface area contributed by atoms with Gasteiger partial charge in [-0.3, -0.25) is 19.5 Å². The van der Waals surface area contributed by atoms with Gasteiger partial charge in [0.15, 0.2) is 0 Å². The van der Waals surface area contributed by atoms with Gasteiger partial charge in [-0.05, 0) is 6.92 Å². The molecule has 0 N–H and O–H groups in total. The fourth-order valence-electron chi connectivity index (χ4n) is 1.15. The summed E-state index contributed by atoms with van der Waals surface area (Å²) < 4.78 is 1.31. The van der Waals surface area contributed by atoms with Crippen LogP contribution >= 0.6 is 0 Å². The second-order valence-electron chi connectivity index (χ2n) is 2.81. The molecule has 1 rings (SSSR count). The summed E-state index contributed by atoms with van der Waals surface area (Å²) in [6.45, 7) is 1.32. The van der Waals surface area contributed by atoms with E-state index in [1.54, 1.807) is 0 Å². The second kappa shape index (κ2) is 3.56. The minimum absolute atomic E-state index is 0.0108. The first-order chi connectivity index (χ1) is 6.91. The largest absolute Gasteiger partial charge is 0.409 e. The molecule has 0 aliphatic carbocycles. The van der Waals surface area contributed by atoms with Crippen LogP contribution in [0.3, 0.4) is 0 Å². The van der Waals surface area contributed by atoms with Gasteiger partial charge in [-0.2, -0.15) is 0 Å². The first-order valence-corrected chi connectivity index (χ1v) is 3.93. The molecule has 0 fully saturated rings. The number of aromatic nitrogens is 2. The van der Waals surface area contributed by atoms with E-state index in [2.05, 4.69) is 4.84 Å². The fourth-order valence-corrected chi connectivity index (χ4v) is 1.15. The standard InChI is InChI=1S/C7H9N3O5/c1-4-5(10(13)14)6(11)9(15-3)7(12)8(4)2/h1-3H3. The number of hydrogen-bond acceptors (Lipinski definition) is 5. The minimum atomic E-state index is -1.07. The van der Waals surface area contributed by atoms with Crippen molar-refractivity contribution < 1.29 is 9.76 Å². The smallest absolute Gasteiger partial charge is 0.367 e. The van der Waals surface area contributed by atoms with Gasteiger partial charge in [0, 0.05) is 7.05 Å². The molecule has 0 aromatic carbocycles. The van der Waals surface area contributed by atoms with Crippen LogP contribution in [0.1, 0.15) is 5.69 Å². The van der Waals surface area contributed by atoms with Gasteiger partial charge in [0.05, 0.1) is 4.92 Å². The normalized spacial score (nSPS) is 10.1. The Balaban J connectivity index is 3.85. The summed E-state index contributed by atoms with van der Waals surface area (Å²) in [6.07, 6.45) is 0. The van der Waals surface area contributed by atoms with Crippen molar-refractivity contribution in [1.82, 2.24) is 9.30 Å². The monoisotopic (exact) mass is 215 g/mol. The Bertz CT molecular complexity index is 527. The molecule has 0 unspecified atom stereocenters. The second-order valence-corrected chi connectivity index (χ2v) is 2.81. The Morgan fingerprint density at radius 3 is 2.33 bits per heavy atom. The first kappa shape index (κ1) is 11.0. The van der Waals surface area contributed by atoms with E-state index >= 15 is 0 Å². The maximum atomic E-state index is 11.4. The quantitative estimate of drug-likeness (QED) is 0.457. The van der Waals surface area contributed by atoms with E-state index in [0.717, 1.165) is 11.7 Å². The summed E-state index contributed by atoms with van der Waals surface area (Å²) in [4.78, 5) is 37.0. The lowest BCUT2D eigenvalue weighted by molar-refractivity contribution is -0.388. The fraction of sp³-hybridized carbons (Fsp3) is 0.429. The summed E-state index contributed by atoms with van der Waals surface area (Å²) in [5.41, 5.74) is -2.50. The SMILES string of the molecule is COn1c(=O)c([N+](=O)[O-])c(C)n(C)c1=O. The van der Waals surface area contributed by atoms with E-state index in [1.165, 1.54) is 14.0 Å². The molecule has 0 saturated heterocycles. The van der Waals surface area contributed by atoms with Crippen LogP contribution in [-0.4, -0.2) is 21.3 Å². The number of rotatable bonds is 2. The van der Waals surface area contributed by atoms with Crippen LogP contribution in [0.2, 0.25) is 0 Å². The van der Waals surface area contributed by atoms with E-state index < -0.39 is 21.9 Å². The molecule has 0 aliphatic heterocycles. The van der Waals surface area contributed by atoms with Crippen LogP contribution in [0.25, 0.3) is 0 Å². The molecular formula is C7H9N3O5. The zero-order valence-electron chi connectivity index (χ0n) is 8.38. The average molecular weight is 215 g/mol. The third kappa shape index (κ3) is 1.49. The highest BCUT2D eigenvalue weighted by Crippen LogP contribution is 2.07. The van der Waals surface area contributed by atoms with E-state index in [4.69, 9.17) is 0 Å². The molecule has 0 amide bonds. The maximum Gasteiger partial charge on any atom is 0.367 e. The number of hydrogen-bond donors (Lipinski definition) is 0. The van der Waals surface area contributed by atoms with Gasteiger partial charge < -0.3 is 4.84 Å². The Kier molecular flexibility index (Phi) is 2.60. The summed E-state index contributed by atoms with van der Waals surface area (Å²) >= 11 is 0. The van der Waals surface area contributed by atoms with Crippen molar-refractivity contribution >= 4 is 5.69 Å². The molecule has 0 radical (unpaired) electrons. The lowest BCUT2D eigenvalue weighted by Gasteiger charge is -2.07. The Morgan fingerprint density at radius 2 is 1.93 bits per heavy atom. The zero-order valence-corrected chi connectivity index (χ0v) is 8.38. The third-order valence-electron chi connectivity index (χ3n) is 2.06. The lowest BCUT2D eigenvalue weighted by atomic mass is 10.3. The Labute approximate surface area is 83.4 Å².